The Morgan fingerprint density at radius 1 is 1.00 bits per heavy atom. The van der Waals surface area contributed by atoms with Crippen LogP contribution < -0.4 is 9.64 Å². The highest BCUT2D eigenvalue weighted by atomic mass is 32.2. The predicted octanol–water partition coefficient (Wildman–Crippen LogP) is 3.55. The zero-order chi connectivity index (χ0) is 20.1. The molecule has 3 aromatic rings. The first kappa shape index (κ1) is 19.7. The average molecular weight is 418 g/mol. The van der Waals surface area contributed by atoms with Gasteiger partial charge in [-0.1, -0.05) is 17.8 Å². The fourth-order valence-corrected chi connectivity index (χ4v) is 3.75. The first-order valence-electron chi connectivity index (χ1n) is 9.26. The van der Waals surface area contributed by atoms with E-state index in [1.165, 1.54) is 36.0 Å². The van der Waals surface area contributed by atoms with Gasteiger partial charge in [-0.3, -0.25) is 4.57 Å². The maximum Gasteiger partial charge on any atom is 0.232 e. The van der Waals surface area contributed by atoms with Gasteiger partial charge < -0.3 is 14.4 Å². The van der Waals surface area contributed by atoms with Gasteiger partial charge in [-0.15, -0.1) is 10.2 Å². The third-order valence-corrected chi connectivity index (χ3v) is 5.27. The highest BCUT2D eigenvalue weighted by Gasteiger charge is 2.22. The van der Waals surface area contributed by atoms with Crippen molar-refractivity contribution in [2.24, 2.45) is 0 Å². The van der Waals surface area contributed by atoms with E-state index in [9.17, 15) is 8.78 Å². The Bertz CT molecular complexity index is 946. The van der Waals surface area contributed by atoms with Crippen LogP contribution in [0.4, 0.5) is 14.7 Å². The molecule has 1 saturated heterocycles. The number of hydrogen-bond donors (Lipinski definition) is 0. The molecular formula is C20H20F2N4O2S. The van der Waals surface area contributed by atoms with Gasteiger partial charge in [0.15, 0.2) is 5.16 Å². The lowest BCUT2D eigenvalue weighted by Gasteiger charge is -2.27. The molecule has 2 aromatic carbocycles. The number of nitrogens with zero attached hydrogens (tertiary/aromatic N) is 4. The van der Waals surface area contributed by atoms with Crippen molar-refractivity contribution >= 4 is 17.7 Å². The van der Waals surface area contributed by atoms with Crippen LogP contribution in [0.1, 0.15) is 0 Å². The van der Waals surface area contributed by atoms with Crippen molar-refractivity contribution in [3.05, 3.63) is 60.2 Å². The molecule has 0 unspecified atom stereocenters. The number of morpholine rings is 1. The maximum absolute atomic E-state index is 13.8. The van der Waals surface area contributed by atoms with E-state index in [1.807, 2.05) is 10.6 Å². The molecule has 0 radical (unpaired) electrons. The van der Waals surface area contributed by atoms with Gasteiger partial charge in [-0.2, -0.15) is 0 Å². The van der Waals surface area contributed by atoms with E-state index in [4.69, 9.17) is 9.47 Å². The van der Waals surface area contributed by atoms with Crippen molar-refractivity contribution in [2.75, 3.05) is 43.6 Å². The molecule has 0 aliphatic carbocycles. The zero-order valence-corrected chi connectivity index (χ0v) is 16.4. The predicted molar refractivity (Wildman–Crippen MR) is 107 cm³/mol. The van der Waals surface area contributed by atoms with E-state index in [2.05, 4.69) is 15.1 Å². The molecule has 1 aromatic heterocycles. The first-order chi connectivity index (χ1) is 14.2. The van der Waals surface area contributed by atoms with E-state index in [0.29, 0.717) is 61.2 Å². The number of aromatic nitrogens is 3. The second-order valence-electron chi connectivity index (χ2n) is 6.35. The first-order valence-corrected chi connectivity index (χ1v) is 10.2. The molecule has 0 amide bonds. The summed E-state index contributed by atoms with van der Waals surface area (Å²) in [6.45, 7) is 3.05. The van der Waals surface area contributed by atoms with Crippen molar-refractivity contribution in [1.82, 2.24) is 14.8 Å². The zero-order valence-electron chi connectivity index (χ0n) is 15.6. The molecular weight excluding hydrogens is 398 g/mol. The van der Waals surface area contributed by atoms with Gasteiger partial charge in [0, 0.05) is 18.8 Å². The third-order valence-electron chi connectivity index (χ3n) is 4.37. The number of benzene rings is 2. The second kappa shape index (κ2) is 9.23. The third kappa shape index (κ3) is 4.86. The van der Waals surface area contributed by atoms with Crippen LogP contribution in [0.15, 0.2) is 53.7 Å². The SMILES string of the molecule is Fc1ccc(OCCSc2nnc(N3CCOCC3)n2-c2cccc(F)c2)cc1. The van der Waals surface area contributed by atoms with Gasteiger partial charge in [-0.05, 0) is 42.5 Å². The van der Waals surface area contributed by atoms with Gasteiger partial charge in [-0.25, -0.2) is 8.78 Å². The Morgan fingerprint density at radius 3 is 2.55 bits per heavy atom. The Hall–Kier alpha value is -2.65. The molecule has 1 aliphatic rings. The maximum atomic E-state index is 13.8. The van der Waals surface area contributed by atoms with Gasteiger partial charge >= 0.3 is 0 Å². The number of thioether (sulfide) groups is 1. The van der Waals surface area contributed by atoms with Gasteiger partial charge in [0.2, 0.25) is 5.95 Å². The average Bonchev–Trinajstić information content (AvgIpc) is 3.17. The van der Waals surface area contributed by atoms with E-state index < -0.39 is 0 Å². The fourth-order valence-electron chi connectivity index (χ4n) is 2.99. The van der Waals surface area contributed by atoms with E-state index in [1.54, 1.807) is 18.2 Å². The monoisotopic (exact) mass is 418 g/mol. The summed E-state index contributed by atoms with van der Waals surface area (Å²) in [5.41, 5.74) is 0.665. The molecule has 1 aliphatic heterocycles. The quantitative estimate of drug-likeness (QED) is 0.432. The van der Waals surface area contributed by atoms with Crippen LogP contribution in [-0.4, -0.2) is 53.4 Å². The van der Waals surface area contributed by atoms with Crippen LogP contribution in [-0.2, 0) is 4.74 Å². The normalized spacial score (nSPS) is 14.2. The molecule has 152 valence electrons. The fraction of sp³-hybridized carbons (Fsp3) is 0.300. The van der Waals surface area contributed by atoms with Crippen molar-refractivity contribution < 1.29 is 18.3 Å². The minimum atomic E-state index is -0.320. The summed E-state index contributed by atoms with van der Waals surface area (Å²) < 4.78 is 39.7. The van der Waals surface area contributed by atoms with Crippen molar-refractivity contribution in [1.29, 1.82) is 0 Å². The van der Waals surface area contributed by atoms with E-state index in [-0.39, 0.29) is 11.6 Å². The molecule has 9 heteroatoms. The van der Waals surface area contributed by atoms with Gasteiger partial charge in [0.05, 0.1) is 25.5 Å². The lowest BCUT2D eigenvalue weighted by Crippen LogP contribution is -2.37. The van der Waals surface area contributed by atoms with Crippen LogP contribution in [0.5, 0.6) is 5.75 Å². The number of rotatable bonds is 7. The molecule has 0 bridgehead atoms. The standard InChI is InChI=1S/C20H20F2N4O2S/c21-15-4-6-18(7-5-15)28-12-13-29-20-24-23-19(25-8-10-27-11-9-25)26(20)17-3-1-2-16(22)14-17/h1-7,14H,8-13H2. The summed E-state index contributed by atoms with van der Waals surface area (Å²) in [6.07, 6.45) is 0. The Balaban J connectivity index is 1.49. The molecule has 0 N–H and O–H groups in total. The highest BCUT2D eigenvalue weighted by Crippen LogP contribution is 2.27. The van der Waals surface area contributed by atoms with Crippen molar-refractivity contribution in [2.45, 2.75) is 5.16 Å². The summed E-state index contributed by atoms with van der Waals surface area (Å²) in [5.74, 6) is 1.26. The lowest BCUT2D eigenvalue weighted by atomic mass is 10.3. The molecule has 0 atom stereocenters. The van der Waals surface area contributed by atoms with Crippen LogP contribution in [0.3, 0.4) is 0 Å². The Labute approximate surface area is 171 Å². The smallest absolute Gasteiger partial charge is 0.232 e. The molecule has 0 saturated carbocycles. The van der Waals surface area contributed by atoms with Crippen molar-refractivity contribution in [3.8, 4) is 11.4 Å². The summed E-state index contributed by atoms with van der Waals surface area (Å²) in [4.78, 5) is 2.08. The van der Waals surface area contributed by atoms with Crippen LogP contribution in [0.25, 0.3) is 5.69 Å². The molecule has 6 nitrogen and oxygen atoms in total. The summed E-state index contributed by atoms with van der Waals surface area (Å²) >= 11 is 1.46. The number of anilines is 1. The Kier molecular flexibility index (Phi) is 6.26. The summed E-state index contributed by atoms with van der Waals surface area (Å²) in [5, 5.41) is 9.32. The van der Waals surface area contributed by atoms with Crippen LogP contribution in [0.2, 0.25) is 0 Å². The van der Waals surface area contributed by atoms with Gasteiger partial charge in [0.25, 0.3) is 0 Å². The molecule has 2 heterocycles. The minimum Gasteiger partial charge on any atom is -0.493 e. The Morgan fingerprint density at radius 2 is 1.79 bits per heavy atom. The molecule has 1 fully saturated rings. The summed E-state index contributed by atoms with van der Waals surface area (Å²) in [6, 6.07) is 12.3. The number of hydrogen-bond acceptors (Lipinski definition) is 6. The molecule has 4 rings (SSSR count). The number of ether oxygens (including phenoxy) is 2. The van der Waals surface area contributed by atoms with Crippen LogP contribution in [0, 0.1) is 11.6 Å². The number of halogens is 2. The van der Waals surface area contributed by atoms with Crippen LogP contribution >= 0.6 is 11.8 Å². The minimum absolute atomic E-state index is 0.300. The van der Waals surface area contributed by atoms with E-state index >= 15 is 0 Å². The molecule has 29 heavy (non-hydrogen) atoms. The lowest BCUT2D eigenvalue weighted by molar-refractivity contribution is 0.122. The topological polar surface area (TPSA) is 52.4 Å². The van der Waals surface area contributed by atoms with E-state index in [0.717, 1.165) is 0 Å². The molecule has 0 spiro atoms. The highest BCUT2D eigenvalue weighted by molar-refractivity contribution is 7.99. The second-order valence-corrected chi connectivity index (χ2v) is 7.41. The van der Waals surface area contributed by atoms with Gasteiger partial charge in [0.1, 0.15) is 17.4 Å². The largest absolute Gasteiger partial charge is 0.493 e. The summed E-state index contributed by atoms with van der Waals surface area (Å²) in [7, 11) is 0. The van der Waals surface area contributed by atoms with Crippen molar-refractivity contribution in [3.63, 3.8) is 0 Å².